The van der Waals surface area contributed by atoms with Gasteiger partial charge in [-0.3, -0.25) is 0 Å². The minimum atomic E-state index is 0.601. The van der Waals surface area contributed by atoms with E-state index in [1.807, 2.05) is 0 Å². The summed E-state index contributed by atoms with van der Waals surface area (Å²) in [6.45, 7) is 3.30. The highest BCUT2D eigenvalue weighted by molar-refractivity contribution is 9.10. The lowest BCUT2D eigenvalue weighted by molar-refractivity contribution is 0.293. The molecule has 5 nitrogen and oxygen atoms in total. The Hall–Kier alpha value is -0.880. The molecule has 2 atom stereocenters. The van der Waals surface area contributed by atoms with Crippen molar-refractivity contribution in [3.63, 3.8) is 0 Å². The third-order valence-corrected chi connectivity index (χ3v) is 4.28. The molecule has 1 aromatic rings. The summed E-state index contributed by atoms with van der Waals surface area (Å²) in [6, 6.07) is 0. The SMILES string of the molecule is CC1CCCC(CNc2ncnc(NN)c2Br)C1. The molecule has 18 heavy (non-hydrogen) atoms. The molecule has 4 N–H and O–H groups in total. The van der Waals surface area contributed by atoms with Crippen LogP contribution in [0.3, 0.4) is 0 Å². The monoisotopic (exact) mass is 313 g/mol. The Balaban J connectivity index is 1.93. The molecule has 0 amide bonds. The fourth-order valence-electron chi connectivity index (χ4n) is 2.58. The first-order chi connectivity index (χ1) is 8.70. The first-order valence-corrected chi connectivity index (χ1v) is 7.21. The Morgan fingerprint density at radius 3 is 2.89 bits per heavy atom. The number of hydrazine groups is 1. The van der Waals surface area contributed by atoms with Crippen molar-refractivity contribution in [3.05, 3.63) is 10.8 Å². The van der Waals surface area contributed by atoms with Gasteiger partial charge in [0.25, 0.3) is 0 Å². The minimum Gasteiger partial charge on any atom is -0.369 e. The van der Waals surface area contributed by atoms with Crippen LogP contribution in [0.2, 0.25) is 0 Å². The van der Waals surface area contributed by atoms with Crippen LogP contribution in [-0.2, 0) is 0 Å². The quantitative estimate of drug-likeness (QED) is 0.588. The molecule has 100 valence electrons. The number of nitrogens with zero attached hydrogens (tertiary/aromatic N) is 2. The van der Waals surface area contributed by atoms with Crippen molar-refractivity contribution in [2.45, 2.75) is 32.6 Å². The minimum absolute atomic E-state index is 0.601. The number of aromatic nitrogens is 2. The molecular formula is C12H20BrN5. The van der Waals surface area contributed by atoms with Gasteiger partial charge in [0.15, 0.2) is 5.82 Å². The van der Waals surface area contributed by atoms with E-state index in [2.05, 4.69) is 43.6 Å². The molecule has 1 aliphatic rings. The zero-order valence-electron chi connectivity index (χ0n) is 10.6. The molecule has 2 rings (SSSR count). The molecule has 1 aromatic heterocycles. The standard InChI is InChI=1S/C12H20BrN5/c1-8-3-2-4-9(5-8)6-15-11-10(13)12(18-14)17-7-16-11/h7-9H,2-6,14H2,1H3,(H2,15,16,17,18). The van der Waals surface area contributed by atoms with Gasteiger partial charge in [0, 0.05) is 6.54 Å². The van der Waals surface area contributed by atoms with Crippen molar-refractivity contribution < 1.29 is 0 Å². The van der Waals surface area contributed by atoms with E-state index in [-0.39, 0.29) is 0 Å². The zero-order valence-corrected chi connectivity index (χ0v) is 12.2. The molecule has 1 aliphatic carbocycles. The van der Waals surface area contributed by atoms with E-state index < -0.39 is 0 Å². The fraction of sp³-hybridized carbons (Fsp3) is 0.667. The van der Waals surface area contributed by atoms with Crippen LogP contribution in [0.4, 0.5) is 11.6 Å². The van der Waals surface area contributed by atoms with Crippen molar-refractivity contribution in [2.24, 2.45) is 17.7 Å². The Morgan fingerprint density at radius 2 is 2.17 bits per heavy atom. The van der Waals surface area contributed by atoms with Crippen LogP contribution in [-0.4, -0.2) is 16.5 Å². The number of nitrogen functional groups attached to an aromatic ring is 1. The summed E-state index contributed by atoms with van der Waals surface area (Å²) >= 11 is 3.45. The van der Waals surface area contributed by atoms with E-state index in [1.165, 1.54) is 32.0 Å². The second-order valence-electron chi connectivity index (χ2n) is 5.05. The molecular weight excluding hydrogens is 294 g/mol. The van der Waals surface area contributed by atoms with E-state index in [9.17, 15) is 0 Å². The summed E-state index contributed by atoms with van der Waals surface area (Å²) in [5.41, 5.74) is 2.54. The highest BCUT2D eigenvalue weighted by Gasteiger charge is 2.19. The van der Waals surface area contributed by atoms with Crippen molar-refractivity contribution in [1.82, 2.24) is 9.97 Å². The normalized spacial score (nSPS) is 23.7. The Bertz CT molecular complexity index is 398. The summed E-state index contributed by atoms with van der Waals surface area (Å²) in [4.78, 5) is 8.26. The molecule has 1 fully saturated rings. The Kier molecular flexibility index (Phi) is 4.77. The maximum Gasteiger partial charge on any atom is 0.159 e. The van der Waals surface area contributed by atoms with Crippen LogP contribution >= 0.6 is 15.9 Å². The first-order valence-electron chi connectivity index (χ1n) is 6.41. The van der Waals surface area contributed by atoms with Crippen LogP contribution in [0.15, 0.2) is 10.8 Å². The number of hydrogen-bond donors (Lipinski definition) is 3. The van der Waals surface area contributed by atoms with Gasteiger partial charge in [-0.05, 0) is 40.6 Å². The number of nitrogens with two attached hydrogens (primary N) is 1. The molecule has 0 spiro atoms. The van der Waals surface area contributed by atoms with E-state index in [0.717, 1.165) is 28.7 Å². The van der Waals surface area contributed by atoms with Crippen LogP contribution in [0.5, 0.6) is 0 Å². The molecule has 1 heterocycles. The molecule has 0 saturated heterocycles. The summed E-state index contributed by atoms with van der Waals surface area (Å²) in [6.07, 6.45) is 6.83. The van der Waals surface area contributed by atoms with Gasteiger partial charge in [-0.15, -0.1) is 0 Å². The second kappa shape index (κ2) is 6.33. The predicted molar refractivity (Wildman–Crippen MR) is 77.2 cm³/mol. The third-order valence-electron chi connectivity index (χ3n) is 3.53. The van der Waals surface area contributed by atoms with E-state index in [1.54, 1.807) is 0 Å². The Morgan fingerprint density at radius 1 is 1.39 bits per heavy atom. The summed E-state index contributed by atoms with van der Waals surface area (Å²) in [7, 11) is 0. The van der Waals surface area contributed by atoms with Crippen LogP contribution in [0.25, 0.3) is 0 Å². The van der Waals surface area contributed by atoms with Gasteiger partial charge in [-0.1, -0.05) is 19.8 Å². The van der Waals surface area contributed by atoms with Gasteiger partial charge in [-0.2, -0.15) is 0 Å². The van der Waals surface area contributed by atoms with Crippen LogP contribution in [0, 0.1) is 11.8 Å². The molecule has 0 radical (unpaired) electrons. The summed E-state index contributed by atoms with van der Waals surface area (Å²) < 4.78 is 0.788. The average Bonchev–Trinajstić information content (AvgIpc) is 2.38. The highest BCUT2D eigenvalue weighted by Crippen LogP contribution is 2.30. The fourth-order valence-corrected chi connectivity index (χ4v) is 3.04. The average molecular weight is 314 g/mol. The van der Waals surface area contributed by atoms with Crippen molar-refractivity contribution in [2.75, 3.05) is 17.3 Å². The first kappa shape index (κ1) is 13.5. The topological polar surface area (TPSA) is 75.9 Å². The summed E-state index contributed by atoms with van der Waals surface area (Å²) in [5.74, 6) is 8.37. The van der Waals surface area contributed by atoms with E-state index in [4.69, 9.17) is 5.84 Å². The lowest BCUT2D eigenvalue weighted by atomic mass is 9.82. The molecule has 2 unspecified atom stereocenters. The number of nitrogens with one attached hydrogen (secondary N) is 2. The van der Waals surface area contributed by atoms with Crippen molar-refractivity contribution in [1.29, 1.82) is 0 Å². The van der Waals surface area contributed by atoms with Crippen molar-refractivity contribution in [3.8, 4) is 0 Å². The molecule has 6 heteroatoms. The maximum atomic E-state index is 5.38. The van der Waals surface area contributed by atoms with Gasteiger partial charge < -0.3 is 10.7 Å². The molecule has 0 bridgehead atoms. The highest BCUT2D eigenvalue weighted by atomic mass is 79.9. The number of halogens is 1. The lowest BCUT2D eigenvalue weighted by Crippen LogP contribution is -2.21. The van der Waals surface area contributed by atoms with Crippen molar-refractivity contribution >= 4 is 27.6 Å². The second-order valence-corrected chi connectivity index (χ2v) is 5.84. The summed E-state index contributed by atoms with van der Waals surface area (Å²) in [5, 5.41) is 3.38. The number of hydrogen-bond acceptors (Lipinski definition) is 5. The lowest BCUT2D eigenvalue weighted by Gasteiger charge is -2.27. The number of anilines is 2. The third kappa shape index (κ3) is 3.32. The van der Waals surface area contributed by atoms with Gasteiger partial charge in [0.05, 0.1) is 0 Å². The van der Waals surface area contributed by atoms with E-state index in [0.29, 0.717) is 5.82 Å². The van der Waals surface area contributed by atoms with Gasteiger partial charge in [-0.25, -0.2) is 15.8 Å². The van der Waals surface area contributed by atoms with E-state index >= 15 is 0 Å². The van der Waals surface area contributed by atoms with Gasteiger partial charge >= 0.3 is 0 Å². The van der Waals surface area contributed by atoms with Crippen LogP contribution < -0.4 is 16.6 Å². The van der Waals surface area contributed by atoms with Crippen LogP contribution in [0.1, 0.15) is 32.6 Å². The molecule has 1 saturated carbocycles. The predicted octanol–water partition coefficient (Wildman–Crippen LogP) is 2.76. The zero-order chi connectivity index (χ0) is 13.0. The maximum absolute atomic E-state index is 5.38. The largest absolute Gasteiger partial charge is 0.369 e. The number of rotatable bonds is 4. The molecule has 0 aromatic carbocycles. The molecule has 0 aliphatic heterocycles. The smallest absolute Gasteiger partial charge is 0.159 e. The van der Waals surface area contributed by atoms with Gasteiger partial charge in [0.2, 0.25) is 0 Å². The van der Waals surface area contributed by atoms with Gasteiger partial charge in [0.1, 0.15) is 16.6 Å². The Labute approximate surface area is 116 Å².